The zero-order valence-electron chi connectivity index (χ0n) is 10.00. The topological polar surface area (TPSA) is 54.0 Å². The number of azo groups is 1. The fraction of sp³-hybridized carbons (Fsp3) is 0.455. The Morgan fingerprint density at radius 3 is 2.62 bits per heavy atom. The van der Waals surface area contributed by atoms with Crippen molar-refractivity contribution in [1.82, 2.24) is 4.98 Å². The fourth-order valence-corrected chi connectivity index (χ4v) is 1.51. The first-order valence-corrected chi connectivity index (χ1v) is 5.08. The van der Waals surface area contributed by atoms with Gasteiger partial charge in [0.15, 0.2) is 0 Å². The van der Waals surface area contributed by atoms with E-state index in [1.807, 2.05) is 20.8 Å². The molecule has 0 aliphatic carbocycles. The maximum Gasteiger partial charge on any atom is 0.233 e. The zero-order valence-corrected chi connectivity index (χ0v) is 10.00. The monoisotopic (exact) mass is 217 g/mol. The molecule has 5 nitrogen and oxygen atoms in total. The van der Waals surface area contributed by atoms with Gasteiger partial charge in [0.05, 0.1) is 18.0 Å². The van der Waals surface area contributed by atoms with Gasteiger partial charge in [0.25, 0.3) is 0 Å². The summed E-state index contributed by atoms with van der Waals surface area (Å²) in [5.74, 6) is 0.627. The van der Waals surface area contributed by atoms with Gasteiger partial charge in [-0.3, -0.25) is 0 Å². The number of pyridine rings is 1. The number of aryl methyl sites for hydroxylation is 1. The van der Waals surface area contributed by atoms with Gasteiger partial charge >= 0.3 is 0 Å². The third-order valence-electron chi connectivity index (χ3n) is 2.21. The number of nitrogens with zero attached hydrogens (tertiary/aromatic N) is 4. The average molecular weight is 217 g/mol. The van der Waals surface area contributed by atoms with Crippen LogP contribution in [0.4, 0.5) is 17.2 Å². The smallest absolute Gasteiger partial charge is 0.233 e. The molecule has 1 aromatic heterocycles. The number of anilines is 1. The number of rotatable bonds is 3. The highest BCUT2D eigenvalue weighted by Gasteiger charge is 2.14. The molecule has 1 aromatic rings. The molecule has 1 heterocycles. The lowest BCUT2D eigenvalue weighted by molar-refractivity contribution is 1.08. The van der Waals surface area contributed by atoms with Crippen LogP contribution >= 0.6 is 0 Å². The van der Waals surface area contributed by atoms with Crippen molar-refractivity contribution < 1.29 is 0 Å². The Morgan fingerprint density at radius 2 is 2.12 bits per heavy atom. The largest absolute Gasteiger partial charge is 0.379 e. The van der Waals surface area contributed by atoms with Gasteiger partial charge in [0.2, 0.25) is 5.69 Å². The van der Waals surface area contributed by atoms with Crippen molar-refractivity contribution in [2.24, 2.45) is 10.2 Å². The van der Waals surface area contributed by atoms with E-state index in [2.05, 4.69) is 25.4 Å². The molecule has 1 N–H and O–H groups in total. The summed E-state index contributed by atoms with van der Waals surface area (Å²) in [5, 5.41) is 10.8. The minimum Gasteiger partial charge on any atom is -0.379 e. The van der Waals surface area contributed by atoms with Crippen LogP contribution in [0, 0.1) is 20.4 Å². The Hall–Kier alpha value is -1.96. The van der Waals surface area contributed by atoms with E-state index in [9.17, 15) is 0 Å². The molecule has 0 spiro atoms. The minimum atomic E-state index is 0.523. The Morgan fingerprint density at radius 1 is 1.44 bits per heavy atom. The van der Waals surface area contributed by atoms with Gasteiger partial charge in [-0.2, -0.15) is 10.2 Å². The summed E-state index contributed by atoms with van der Waals surface area (Å²) in [7, 11) is 1.61. The number of hydrogen-bond acceptors (Lipinski definition) is 4. The molecule has 84 valence electrons. The molecular formula is C11H15N5. The van der Waals surface area contributed by atoms with E-state index in [1.165, 1.54) is 0 Å². The summed E-state index contributed by atoms with van der Waals surface area (Å²) in [6.07, 6.45) is 0. The van der Waals surface area contributed by atoms with Gasteiger partial charge in [-0.1, -0.05) is 0 Å². The first-order chi connectivity index (χ1) is 7.65. The minimum absolute atomic E-state index is 0.523. The highest BCUT2D eigenvalue weighted by atomic mass is 15.1. The van der Waals surface area contributed by atoms with Crippen LogP contribution in [0.15, 0.2) is 10.2 Å². The van der Waals surface area contributed by atoms with Crippen LogP contribution < -0.4 is 5.32 Å². The van der Waals surface area contributed by atoms with Crippen molar-refractivity contribution in [2.75, 3.05) is 18.9 Å². The molecule has 16 heavy (non-hydrogen) atoms. The van der Waals surface area contributed by atoms with Crippen molar-refractivity contribution >= 4 is 17.2 Å². The summed E-state index contributed by atoms with van der Waals surface area (Å²) in [5.41, 5.74) is 2.82. The maximum atomic E-state index is 7.18. The van der Waals surface area contributed by atoms with Gasteiger partial charge in [-0.25, -0.2) is 9.83 Å². The predicted molar refractivity (Wildman–Crippen MR) is 64.6 cm³/mol. The third kappa shape index (κ3) is 2.16. The highest BCUT2D eigenvalue weighted by Crippen LogP contribution is 2.36. The summed E-state index contributed by atoms with van der Waals surface area (Å²) >= 11 is 0. The predicted octanol–water partition coefficient (Wildman–Crippen LogP) is 3.39. The van der Waals surface area contributed by atoms with Crippen LogP contribution in [0.25, 0.3) is 4.85 Å². The first kappa shape index (κ1) is 12.1. The second kappa shape index (κ2) is 5.21. The van der Waals surface area contributed by atoms with Gasteiger partial charge in [-0.15, -0.1) is 0 Å². The molecule has 0 unspecified atom stereocenters. The second-order valence-corrected chi connectivity index (χ2v) is 3.31. The fourth-order valence-electron chi connectivity index (χ4n) is 1.51. The molecule has 0 atom stereocenters. The molecule has 0 aliphatic rings. The molecule has 1 rings (SSSR count). The Balaban J connectivity index is 3.44. The Bertz CT molecular complexity index is 456. The molecule has 0 aromatic carbocycles. The molecule has 0 saturated heterocycles. The van der Waals surface area contributed by atoms with Crippen LogP contribution in [0.3, 0.4) is 0 Å². The first-order valence-electron chi connectivity index (χ1n) is 5.08. The number of nitrogens with one attached hydrogen (secondary N) is 1. The normalized spacial score (nSPS) is 10.4. The van der Waals surface area contributed by atoms with Crippen molar-refractivity contribution in [3.63, 3.8) is 0 Å². The summed E-state index contributed by atoms with van der Waals surface area (Å²) in [4.78, 5) is 7.83. The summed E-state index contributed by atoms with van der Waals surface area (Å²) in [6.45, 7) is 13.6. The van der Waals surface area contributed by atoms with Crippen molar-refractivity contribution in [2.45, 2.75) is 20.8 Å². The van der Waals surface area contributed by atoms with Gasteiger partial charge in [0, 0.05) is 13.6 Å². The van der Waals surface area contributed by atoms with E-state index >= 15 is 0 Å². The molecule has 0 saturated carbocycles. The lowest BCUT2D eigenvalue weighted by Gasteiger charge is -2.11. The second-order valence-electron chi connectivity index (χ2n) is 3.31. The average Bonchev–Trinajstić information content (AvgIpc) is 2.25. The van der Waals surface area contributed by atoms with Gasteiger partial charge in [0.1, 0.15) is 5.82 Å². The van der Waals surface area contributed by atoms with Gasteiger partial charge < -0.3 is 5.32 Å². The molecule has 0 radical (unpaired) electrons. The third-order valence-corrected chi connectivity index (χ3v) is 2.21. The lowest BCUT2D eigenvalue weighted by atomic mass is 10.1. The standard InChI is InChI=1S/C11H15N5/c1-6-14-11-10(12-4)7(2)9(16-13-5)8(3)15-11/h6H2,1-3,5H3,(H,14,15). The van der Waals surface area contributed by atoms with Gasteiger partial charge in [-0.05, 0) is 26.3 Å². The SMILES string of the molecule is [C-]#[N+]c1c(NCC)nc(C)c(N=NC)c1C. The van der Waals surface area contributed by atoms with E-state index in [-0.39, 0.29) is 0 Å². The van der Waals surface area contributed by atoms with Crippen LogP contribution in [0.2, 0.25) is 0 Å². The molecule has 5 heteroatoms. The Kier molecular flexibility index (Phi) is 3.95. The quantitative estimate of drug-likeness (QED) is 0.623. The summed E-state index contributed by atoms with van der Waals surface area (Å²) in [6, 6.07) is 0. The van der Waals surface area contributed by atoms with Crippen molar-refractivity contribution in [3.05, 3.63) is 22.7 Å². The van der Waals surface area contributed by atoms with E-state index < -0.39 is 0 Å². The lowest BCUT2D eigenvalue weighted by Crippen LogP contribution is -2.01. The highest BCUT2D eigenvalue weighted by molar-refractivity contribution is 5.76. The van der Waals surface area contributed by atoms with Crippen LogP contribution in [-0.2, 0) is 0 Å². The molecular weight excluding hydrogens is 202 g/mol. The van der Waals surface area contributed by atoms with Crippen LogP contribution in [-0.4, -0.2) is 18.6 Å². The van der Waals surface area contributed by atoms with Crippen molar-refractivity contribution in [3.8, 4) is 0 Å². The molecule has 0 fully saturated rings. The number of hydrogen-bond donors (Lipinski definition) is 1. The van der Waals surface area contributed by atoms with Crippen LogP contribution in [0.5, 0.6) is 0 Å². The molecule has 0 aliphatic heterocycles. The van der Waals surface area contributed by atoms with E-state index in [0.717, 1.165) is 17.8 Å². The van der Waals surface area contributed by atoms with E-state index in [4.69, 9.17) is 6.57 Å². The Labute approximate surface area is 95.4 Å². The summed E-state index contributed by atoms with van der Waals surface area (Å²) < 4.78 is 0. The molecule has 0 amide bonds. The van der Waals surface area contributed by atoms with E-state index in [1.54, 1.807) is 7.05 Å². The molecule has 0 bridgehead atoms. The zero-order chi connectivity index (χ0) is 12.1. The number of aromatic nitrogens is 1. The van der Waals surface area contributed by atoms with Crippen molar-refractivity contribution in [1.29, 1.82) is 0 Å². The maximum absolute atomic E-state index is 7.18. The van der Waals surface area contributed by atoms with E-state index in [0.29, 0.717) is 17.2 Å². The van der Waals surface area contributed by atoms with Crippen LogP contribution in [0.1, 0.15) is 18.2 Å².